The number of hydrogen-bond donors (Lipinski definition) is 0. The summed E-state index contributed by atoms with van der Waals surface area (Å²) in [5.74, 6) is 1.12. The minimum atomic E-state index is 0.580. The Morgan fingerprint density at radius 3 is 2.94 bits per heavy atom. The second-order valence-electron chi connectivity index (χ2n) is 5.20. The first-order chi connectivity index (χ1) is 8.77. The lowest BCUT2D eigenvalue weighted by Gasteiger charge is -2.35. The van der Waals surface area contributed by atoms with Crippen molar-refractivity contribution in [3.05, 3.63) is 30.1 Å². The monoisotopic (exact) mass is 241 g/mol. The smallest absolute Gasteiger partial charge is 0.140 e. The average molecular weight is 241 g/mol. The number of nitrogens with zero attached hydrogens (tertiary/aromatic N) is 3. The van der Waals surface area contributed by atoms with E-state index in [-0.39, 0.29) is 0 Å². The van der Waals surface area contributed by atoms with Gasteiger partial charge in [-0.1, -0.05) is 12.1 Å². The number of aromatic nitrogens is 2. The Bertz CT molecular complexity index is 559. The summed E-state index contributed by atoms with van der Waals surface area (Å²) in [5.41, 5.74) is 2.32. The van der Waals surface area contributed by atoms with Gasteiger partial charge in [-0.25, -0.2) is 9.97 Å². The van der Waals surface area contributed by atoms with Crippen molar-refractivity contribution in [3.8, 4) is 0 Å². The van der Waals surface area contributed by atoms with E-state index in [1.807, 2.05) is 0 Å². The molecule has 0 bridgehead atoms. The number of hydrogen-bond acceptors (Lipinski definition) is 3. The first kappa shape index (κ1) is 11.5. The summed E-state index contributed by atoms with van der Waals surface area (Å²) < 4.78 is 0. The van der Waals surface area contributed by atoms with Gasteiger partial charge in [0.25, 0.3) is 0 Å². The van der Waals surface area contributed by atoms with Crippen LogP contribution in [-0.2, 0) is 0 Å². The molecule has 3 heteroatoms. The van der Waals surface area contributed by atoms with E-state index in [0.717, 1.165) is 17.9 Å². The molecular formula is C15H19N3. The Morgan fingerprint density at radius 2 is 2.11 bits per heavy atom. The third kappa shape index (κ3) is 1.84. The Balaban J connectivity index is 2.16. The summed E-state index contributed by atoms with van der Waals surface area (Å²) in [5, 5.41) is 1.22. The highest BCUT2D eigenvalue weighted by Crippen LogP contribution is 2.30. The first-order valence-corrected chi connectivity index (χ1v) is 6.74. The van der Waals surface area contributed by atoms with E-state index in [9.17, 15) is 0 Å². The molecule has 1 unspecified atom stereocenters. The third-order valence-electron chi connectivity index (χ3n) is 3.93. The normalized spacial score (nSPS) is 20.3. The molecule has 3 nitrogen and oxygen atoms in total. The summed E-state index contributed by atoms with van der Waals surface area (Å²) in [4.78, 5) is 11.4. The van der Waals surface area contributed by atoms with Crippen molar-refractivity contribution < 1.29 is 0 Å². The Labute approximate surface area is 108 Å². The van der Waals surface area contributed by atoms with Crippen LogP contribution < -0.4 is 4.90 Å². The molecule has 0 radical (unpaired) electrons. The van der Waals surface area contributed by atoms with E-state index in [4.69, 9.17) is 0 Å². The van der Waals surface area contributed by atoms with E-state index < -0.39 is 0 Å². The molecule has 0 aliphatic carbocycles. The van der Waals surface area contributed by atoms with Gasteiger partial charge in [0.05, 0.1) is 5.52 Å². The molecule has 1 aliphatic rings. The predicted molar refractivity (Wildman–Crippen MR) is 74.9 cm³/mol. The highest BCUT2D eigenvalue weighted by atomic mass is 15.2. The molecule has 94 valence electrons. The highest BCUT2D eigenvalue weighted by molar-refractivity contribution is 5.92. The molecule has 1 saturated heterocycles. The number of piperidine rings is 1. The zero-order valence-corrected chi connectivity index (χ0v) is 11.1. The molecule has 1 aromatic carbocycles. The van der Waals surface area contributed by atoms with Crippen molar-refractivity contribution in [2.75, 3.05) is 11.4 Å². The molecule has 3 rings (SSSR count). The number of rotatable bonds is 1. The second-order valence-corrected chi connectivity index (χ2v) is 5.20. The molecule has 0 saturated carbocycles. The minimum absolute atomic E-state index is 0.580. The van der Waals surface area contributed by atoms with Gasteiger partial charge in [0, 0.05) is 18.0 Å². The topological polar surface area (TPSA) is 29.0 Å². The summed E-state index contributed by atoms with van der Waals surface area (Å²) in [6.07, 6.45) is 5.55. The molecule has 0 spiro atoms. The van der Waals surface area contributed by atoms with Crippen LogP contribution in [-0.4, -0.2) is 22.6 Å². The maximum absolute atomic E-state index is 4.56. The Kier molecular flexibility index (Phi) is 2.90. The fourth-order valence-electron chi connectivity index (χ4n) is 2.89. The maximum Gasteiger partial charge on any atom is 0.140 e. The van der Waals surface area contributed by atoms with Crippen molar-refractivity contribution in [2.24, 2.45) is 0 Å². The minimum Gasteiger partial charge on any atom is -0.353 e. The zero-order chi connectivity index (χ0) is 12.5. The standard InChI is InChI=1S/C15H19N3/c1-11-6-5-8-13-14(11)15(17-10-16-13)18-9-4-3-7-12(18)2/h5-6,8,10,12H,3-4,7,9H2,1-2H3. The Morgan fingerprint density at radius 1 is 1.22 bits per heavy atom. The average Bonchev–Trinajstić information content (AvgIpc) is 2.39. The fraction of sp³-hybridized carbons (Fsp3) is 0.467. The van der Waals surface area contributed by atoms with Crippen LogP contribution in [0.25, 0.3) is 10.9 Å². The van der Waals surface area contributed by atoms with Crippen LogP contribution in [0.2, 0.25) is 0 Å². The van der Waals surface area contributed by atoms with Crippen LogP contribution in [0.15, 0.2) is 24.5 Å². The van der Waals surface area contributed by atoms with E-state index >= 15 is 0 Å². The summed E-state index contributed by atoms with van der Waals surface area (Å²) in [7, 11) is 0. The van der Waals surface area contributed by atoms with E-state index in [0.29, 0.717) is 6.04 Å². The van der Waals surface area contributed by atoms with E-state index in [1.54, 1.807) is 6.33 Å². The second kappa shape index (κ2) is 4.56. The van der Waals surface area contributed by atoms with Gasteiger partial charge < -0.3 is 4.90 Å². The van der Waals surface area contributed by atoms with Crippen LogP contribution in [0.5, 0.6) is 0 Å². The van der Waals surface area contributed by atoms with Crippen molar-refractivity contribution in [1.29, 1.82) is 0 Å². The lowest BCUT2D eigenvalue weighted by Crippen LogP contribution is -2.38. The van der Waals surface area contributed by atoms with Crippen molar-refractivity contribution in [3.63, 3.8) is 0 Å². The van der Waals surface area contributed by atoms with Crippen LogP contribution in [0.3, 0.4) is 0 Å². The number of fused-ring (bicyclic) bond motifs is 1. The van der Waals surface area contributed by atoms with Crippen LogP contribution >= 0.6 is 0 Å². The van der Waals surface area contributed by atoms with Gasteiger partial charge in [-0.2, -0.15) is 0 Å². The van der Waals surface area contributed by atoms with E-state index in [1.165, 1.54) is 30.2 Å². The quantitative estimate of drug-likeness (QED) is 0.767. The van der Waals surface area contributed by atoms with Gasteiger partial charge in [-0.05, 0) is 44.7 Å². The molecule has 1 fully saturated rings. The molecule has 1 atom stereocenters. The van der Waals surface area contributed by atoms with Crippen molar-refractivity contribution >= 4 is 16.7 Å². The Hall–Kier alpha value is -1.64. The highest BCUT2D eigenvalue weighted by Gasteiger charge is 2.22. The molecule has 2 heterocycles. The fourth-order valence-corrected chi connectivity index (χ4v) is 2.89. The molecular weight excluding hydrogens is 222 g/mol. The summed E-state index contributed by atoms with van der Waals surface area (Å²) >= 11 is 0. The molecule has 1 aliphatic heterocycles. The molecule has 2 aromatic rings. The number of anilines is 1. The molecule has 18 heavy (non-hydrogen) atoms. The zero-order valence-electron chi connectivity index (χ0n) is 11.1. The van der Waals surface area contributed by atoms with Gasteiger partial charge in [0.15, 0.2) is 0 Å². The van der Waals surface area contributed by atoms with Gasteiger partial charge in [0.1, 0.15) is 12.1 Å². The lowest BCUT2D eigenvalue weighted by molar-refractivity contribution is 0.482. The number of benzene rings is 1. The van der Waals surface area contributed by atoms with Gasteiger partial charge in [-0.15, -0.1) is 0 Å². The molecule has 0 amide bonds. The van der Waals surface area contributed by atoms with Crippen molar-refractivity contribution in [1.82, 2.24) is 9.97 Å². The summed E-state index contributed by atoms with van der Waals surface area (Å²) in [6, 6.07) is 6.86. The SMILES string of the molecule is Cc1cccc2ncnc(N3CCCCC3C)c12. The van der Waals surface area contributed by atoms with E-state index in [2.05, 4.69) is 46.9 Å². The molecule has 0 N–H and O–H groups in total. The van der Waals surface area contributed by atoms with Gasteiger partial charge in [-0.3, -0.25) is 0 Å². The lowest BCUT2D eigenvalue weighted by atomic mass is 10.0. The van der Waals surface area contributed by atoms with Gasteiger partial charge in [0.2, 0.25) is 0 Å². The van der Waals surface area contributed by atoms with Gasteiger partial charge >= 0.3 is 0 Å². The van der Waals surface area contributed by atoms with Crippen LogP contribution in [0.4, 0.5) is 5.82 Å². The maximum atomic E-state index is 4.56. The third-order valence-corrected chi connectivity index (χ3v) is 3.93. The molecule has 1 aromatic heterocycles. The largest absolute Gasteiger partial charge is 0.353 e. The first-order valence-electron chi connectivity index (χ1n) is 6.74. The number of aryl methyl sites for hydroxylation is 1. The van der Waals surface area contributed by atoms with Crippen LogP contribution in [0, 0.1) is 6.92 Å². The summed E-state index contributed by atoms with van der Waals surface area (Å²) in [6.45, 7) is 5.55. The predicted octanol–water partition coefficient (Wildman–Crippen LogP) is 3.32. The van der Waals surface area contributed by atoms with Crippen LogP contribution in [0.1, 0.15) is 31.7 Å². The van der Waals surface area contributed by atoms with Crippen molar-refractivity contribution in [2.45, 2.75) is 39.2 Å².